The van der Waals surface area contributed by atoms with Crippen LogP contribution in [0.15, 0.2) is 40.7 Å². The molecule has 0 aliphatic carbocycles. The van der Waals surface area contributed by atoms with Crippen molar-refractivity contribution in [3.05, 3.63) is 56.6 Å². The lowest BCUT2D eigenvalue weighted by molar-refractivity contribution is -0.384. The molecule has 0 radical (unpaired) electrons. The summed E-state index contributed by atoms with van der Waals surface area (Å²) in [5.74, 6) is 0.252. The first-order valence-electron chi connectivity index (χ1n) is 10.1. The Morgan fingerprint density at radius 2 is 1.50 bits per heavy atom. The van der Waals surface area contributed by atoms with E-state index in [4.69, 9.17) is 0 Å². The molecule has 1 aliphatic heterocycles. The molecule has 1 saturated heterocycles. The van der Waals surface area contributed by atoms with E-state index in [9.17, 15) is 25.0 Å². The molecule has 0 spiro atoms. The topological polar surface area (TPSA) is 136 Å². The molecule has 0 unspecified atom stereocenters. The lowest BCUT2D eigenvalue weighted by Crippen LogP contribution is -2.49. The number of non-ortho nitro benzene ring substituents is 2. The SMILES string of the molecule is O=C(CSc1nc2ccc([N+](=O)[O-])cc2s1)N1CCN(c2nc3ccc([N+](=O)[O-])cc3s2)CC1. The van der Waals surface area contributed by atoms with Gasteiger partial charge in [-0.25, -0.2) is 9.97 Å². The molecule has 1 amide bonds. The molecule has 2 aromatic heterocycles. The molecule has 11 nitrogen and oxygen atoms in total. The Morgan fingerprint density at radius 1 is 0.912 bits per heavy atom. The lowest BCUT2D eigenvalue weighted by Gasteiger charge is -2.34. The fourth-order valence-electron chi connectivity index (χ4n) is 3.58. The van der Waals surface area contributed by atoms with E-state index in [2.05, 4.69) is 14.9 Å². The van der Waals surface area contributed by atoms with Crippen LogP contribution < -0.4 is 4.90 Å². The Hall–Kier alpha value is -3.36. The first-order chi connectivity index (χ1) is 16.4. The minimum atomic E-state index is -0.437. The molecule has 0 N–H and O–H groups in total. The number of aromatic nitrogens is 2. The largest absolute Gasteiger partial charge is 0.345 e. The summed E-state index contributed by atoms with van der Waals surface area (Å²) in [6.07, 6.45) is 0. The second-order valence-corrected chi connectivity index (χ2v) is 10.7. The maximum atomic E-state index is 12.7. The van der Waals surface area contributed by atoms with Crippen molar-refractivity contribution in [1.82, 2.24) is 14.9 Å². The molecule has 174 valence electrons. The number of carbonyl (C=O) groups is 1. The number of hydrogen-bond donors (Lipinski definition) is 0. The Kier molecular flexibility index (Phi) is 6.02. The monoisotopic (exact) mass is 516 g/mol. The third-order valence-electron chi connectivity index (χ3n) is 5.36. The number of thiazole rings is 2. The predicted octanol–water partition coefficient (Wildman–Crippen LogP) is 4.16. The van der Waals surface area contributed by atoms with E-state index in [-0.39, 0.29) is 23.0 Å². The minimum absolute atomic E-state index is 0.00908. The average molecular weight is 517 g/mol. The van der Waals surface area contributed by atoms with Crippen LogP contribution in [0.2, 0.25) is 0 Å². The van der Waals surface area contributed by atoms with Gasteiger partial charge in [0.2, 0.25) is 5.91 Å². The van der Waals surface area contributed by atoms with Crippen molar-refractivity contribution >= 4 is 77.3 Å². The van der Waals surface area contributed by atoms with Gasteiger partial charge in [0, 0.05) is 50.4 Å². The molecule has 4 aromatic rings. The summed E-state index contributed by atoms with van der Waals surface area (Å²) in [6, 6.07) is 9.19. The third kappa shape index (κ3) is 4.51. The summed E-state index contributed by atoms with van der Waals surface area (Å²) in [5, 5.41) is 22.7. The van der Waals surface area contributed by atoms with Gasteiger partial charge < -0.3 is 9.80 Å². The molecule has 0 atom stereocenters. The number of fused-ring (bicyclic) bond motifs is 2. The van der Waals surface area contributed by atoms with Crippen LogP contribution in [0.3, 0.4) is 0 Å². The van der Waals surface area contributed by atoms with Crippen molar-refractivity contribution in [2.45, 2.75) is 4.34 Å². The summed E-state index contributed by atoms with van der Waals surface area (Å²) >= 11 is 4.08. The van der Waals surface area contributed by atoms with Crippen molar-refractivity contribution in [1.29, 1.82) is 0 Å². The molecule has 0 saturated carbocycles. The smallest absolute Gasteiger partial charge is 0.270 e. The van der Waals surface area contributed by atoms with Crippen molar-refractivity contribution in [3.8, 4) is 0 Å². The maximum Gasteiger partial charge on any atom is 0.270 e. The van der Waals surface area contributed by atoms with Crippen molar-refractivity contribution in [2.24, 2.45) is 0 Å². The number of hydrogen-bond acceptors (Lipinski definition) is 11. The number of nitro groups is 2. The summed E-state index contributed by atoms with van der Waals surface area (Å²) in [4.78, 5) is 46.7. The first-order valence-corrected chi connectivity index (χ1v) is 12.7. The van der Waals surface area contributed by atoms with Gasteiger partial charge in [-0.05, 0) is 12.1 Å². The van der Waals surface area contributed by atoms with E-state index in [1.54, 1.807) is 17.0 Å². The summed E-state index contributed by atoms with van der Waals surface area (Å²) < 4.78 is 2.19. The van der Waals surface area contributed by atoms with Gasteiger partial charge in [-0.1, -0.05) is 23.1 Å². The normalized spacial score (nSPS) is 14.1. The number of anilines is 1. The minimum Gasteiger partial charge on any atom is -0.345 e. The van der Waals surface area contributed by atoms with Crippen LogP contribution in [-0.2, 0) is 4.79 Å². The van der Waals surface area contributed by atoms with Gasteiger partial charge in [0.25, 0.3) is 11.4 Å². The molecule has 3 heterocycles. The van der Waals surface area contributed by atoms with Gasteiger partial charge in [-0.2, -0.15) is 0 Å². The molecule has 1 aliphatic rings. The molecule has 14 heteroatoms. The number of thioether (sulfide) groups is 1. The number of nitro benzene ring substituents is 2. The highest BCUT2D eigenvalue weighted by Gasteiger charge is 2.24. The van der Waals surface area contributed by atoms with Gasteiger partial charge in [0.15, 0.2) is 9.47 Å². The fourth-order valence-corrected chi connectivity index (χ4v) is 6.63. The molecule has 2 aromatic carbocycles. The number of rotatable bonds is 6. The van der Waals surface area contributed by atoms with Crippen LogP contribution in [0.4, 0.5) is 16.5 Å². The van der Waals surface area contributed by atoms with Gasteiger partial charge in [0.05, 0.1) is 36.0 Å². The zero-order valence-electron chi connectivity index (χ0n) is 17.4. The van der Waals surface area contributed by atoms with Crippen LogP contribution in [0, 0.1) is 20.2 Å². The second-order valence-electron chi connectivity index (χ2n) is 7.45. The van der Waals surface area contributed by atoms with E-state index in [1.807, 2.05) is 0 Å². The molecule has 5 rings (SSSR count). The van der Waals surface area contributed by atoms with E-state index < -0.39 is 9.85 Å². The van der Waals surface area contributed by atoms with Crippen LogP contribution in [0.5, 0.6) is 0 Å². The van der Waals surface area contributed by atoms with Gasteiger partial charge in [-0.15, -0.1) is 11.3 Å². The van der Waals surface area contributed by atoms with Crippen LogP contribution in [0.25, 0.3) is 20.4 Å². The molecule has 1 fully saturated rings. The average Bonchev–Trinajstić information content (AvgIpc) is 3.45. The van der Waals surface area contributed by atoms with E-state index in [1.165, 1.54) is 58.7 Å². The summed E-state index contributed by atoms with van der Waals surface area (Å²) in [6.45, 7) is 2.37. The van der Waals surface area contributed by atoms with Crippen molar-refractivity contribution in [2.75, 3.05) is 36.8 Å². The molecule has 34 heavy (non-hydrogen) atoms. The molecule has 0 bridgehead atoms. The Labute approximate surface area is 204 Å². The third-order valence-corrected chi connectivity index (χ3v) is 8.58. The Bertz CT molecular complexity index is 1430. The van der Waals surface area contributed by atoms with Crippen LogP contribution >= 0.6 is 34.4 Å². The predicted molar refractivity (Wildman–Crippen MR) is 132 cm³/mol. The number of piperazine rings is 1. The van der Waals surface area contributed by atoms with Crippen LogP contribution in [0.1, 0.15) is 0 Å². The van der Waals surface area contributed by atoms with E-state index >= 15 is 0 Å². The summed E-state index contributed by atoms with van der Waals surface area (Å²) in [7, 11) is 0. The number of nitrogens with zero attached hydrogens (tertiary/aromatic N) is 6. The van der Waals surface area contributed by atoms with E-state index in [0.717, 1.165) is 20.0 Å². The number of amides is 1. The zero-order valence-corrected chi connectivity index (χ0v) is 19.9. The lowest BCUT2D eigenvalue weighted by atomic mass is 10.3. The Balaban J connectivity index is 1.17. The maximum absolute atomic E-state index is 12.7. The van der Waals surface area contributed by atoms with Gasteiger partial charge in [-0.3, -0.25) is 25.0 Å². The quantitative estimate of drug-likeness (QED) is 0.210. The van der Waals surface area contributed by atoms with Gasteiger partial charge >= 0.3 is 0 Å². The number of benzene rings is 2. The fraction of sp³-hybridized carbons (Fsp3) is 0.250. The summed E-state index contributed by atoms with van der Waals surface area (Å²) in [5.41, 5.74) is 1.47. The highest BCUT2D eigenvalue weighted by Crippen LogP contribution is 2.33. The zero-order chi connectivity index (χ0) is 23.8. The standard InChI is InChI=1S/C20H16N6O5S3/c27-18(11-32-20-22-15-4-2-13(26(30)31)10-17(15)34-20)23-5-7-24(8-6-23)19-21-14-3-1-12(25(28)29)9-16(14)33-19/h1-4,9-10H,5-8,11H2. The van der Waals surface area contributed by atoms with Gasteiger partial charge in [0.1, 0.15) is 0 Å². The van der Waals surface area contributed by atoms with Crippen molar-refractivity contribution < 1.29 is 14.6 Å². The van der Waals surface area contributed by atoms with Crippen molar-refractivity contribution in [3.63, 3.8) is 0 Å². The highest BCUT2D eigenvalue weighted by atomic mass is 32.2. The second kappa shape index (κ2) is 9.12. The van der Waals surface area contributed by atoms with E-state index in [0.29, 0.717) is 36.0 Å². The van der Waals surface area contributed by atoms with Crippen LogP contribution in [-0.4, -0.2) is 62.6 Å². The molecular formula is C20H16N6O5S3. The number of carbonyl (C=O) groups excluding carboxylic acids is 1. The molecular weight excluding hydrogens is 500 g/mol. The first kappa shape index (κ1) is 22.4. The Morgan fingerprint density at radius 3 is 2.12 bits per heavy atom. The highest BCUT2D eigenvalue weighted by molar-refractivity contribution is 8.01.